The summed E-state index contributed by atoms with van der Waals surface area (Å²) in [7, 11) is 0. The first-order chi connectivity index (χ1) is 13.0. The van der Waals surface area contributed by atoms with Gasteiger partial charge in [-0.25, -0.2) is 9.97 Å². The van der Waals surface area contributed by atoms with Gasteiger partial charge in [0.05, 0.1) is 19.0 Å². The van der Waals surface area contributed by atoms with E-state index in [0.717, 1.165) is 6.07 Å². The van der Waals surface area contributed by atoms with Crippen LogP contribution in [0, 0.1) is 11.3 Å². The molecule has 3 rings (SSSR count). The maximum atomic E-state index is 13.2. The highest BCUT2D eigenvalue weighted by atomic mass is 19.4. The highest BCUT2D eigenvalue weighted by Gasteiger charge is 2.37. The lowest BCUT2D eigenvalue weighted by atomic mass is 10.3. The molecule has 27 heavy (non-hydrogen) atoms. The summed E-state index contributed by atoms with van der Waals surface area (Å²) in [4.78, 5) is 7.71. The number of aromatic nitrogens is 4. The topological polar surface area (TPSA) is 118 Å². The van der Waals surface area contributed by atoms with E-state index in [0.29, 0.717) is 19.7 Å². The first kappa shape index (κ1) is 18.7. The van der Waals surface area contributed by atoms with Gasteiger partial charge in [0.25, 0.3) is 0 Å². The Bertz CT molecular complexity index is 818. The van der Waals surface area contributed by atoms with Crippen LogP contribution in [0.15, 0.2) is 18.5 Å². The van der Waals surface area contributed by atoms with Gasteiger partial charge in [-0.15, -0.1) is 10.2 Å². The molecule has 2 aromatic rings. The lowest BCUT2D eigenvalue weighted by Crippen LogP contribution is -2.41. The predicted molar refractivity (Wildman–Crippen MR) is 85.2 cm³/mol. The van der Waals surface area contributed by atoms with Crippen molar-refractivity contribution in [2.75, 3.05) is 31.6 Å². The lowest BCUT2D eigenvalue weighted by molar-refractivity contribution is -0.143. The normalized spacial score (nSPS) is 17.2. The summed E-state index contributed by atoms with van der Waals surface area (Å²) in [5.41, 5.74) is -1.13. The van der Waals surface area contributed by atoms with Crippen LogP contribution in [0.2, 0.25) is 0 Å². The predicted octanol–water partition coefficient (Wildman–Crippen LogP) is 1.27. The maximum Gasteiger partial charge on any atom is 0.438 e. The first-order valence-electron chi connectivity index (χ1n) is 7.85. The van der Waals surface area contributed by atoms with E-state index < -0.39 is 17.6 Å². The average molecular weight is 381 g/mol. The molecule has 12 heteroatoms. The van der Waals surface area contributed by atoms with Crippen molar-refractivity contribution >= 4 is 11.6 Å². The number of morpholine rings is 1. The van der Waals surface area contributed by atoms with Crippen molar-refractivity contribution < 1.29 is 22.6 Å². The zero-order valence-electron chi connectivity index (χ0n) is 13.8. The van der Waals surface area contributed by atoms with E-state index in [1.54, 1.807) is 0 Å². The molecular formula is C15H14F3N7O2. The molecule has 3 heterocycles. The van der Waals surface area contributed by atoms with Gasteiger partial charge >= 0.3 is 6.18 Å². The molecule has 0 aromatic carbocycles. The second-order valence-corrected chi connectivity index (χ2v) is 5.47. The maximum absolute atomic E-state index is 13.2. The number of hydrogen-bond acceptors (Lipinski definition) is 9. The van der Waals surface area contributed by atoms with E-state index in [1.807, 2.05) is 6.07 Å². The number of alkyl halides is 3. The molecule has 2 aromatic heterocycles. The Hall–Kier alpha value is -3.04. The Labute approximate surface area is 151 Å². The number of rotatable bonds is 5. The van der Waals surface area contributed by atoms with Crippen LogP contribution < -0.4 is 15.4 Å². The molecule has 0 unspecified atom stereocenters. The molecule has 0 saturated carbocycles. The van der Waals surface area contributed by atoms with Crippen molar-refractivity contribution in [3.63, 3.8) is 0 Å². The lowest BCUT2D eigenvalue weighted by Gasteiger charge is -2.24. The highest BCUT2D eigenvalue weighted by Crippen LogP contribution is 2.35. The largest absolute Gasteiger partial charge is 0.488 e. The molecular weight excluding hydrogens is 367 g/mol. The van der Waals surface area contributed by atoms with Crippen molar-refractivity contribution in [3.05, 3.63) is 29.8 Å². The van der Waals surface area contributed by atoms with Gasteiger partial charge in [-0.3, -0.25) is 0 Å². The van der Waals surface area contributed by atoms with Crippen LogP contribution in [-0.2, 0) is 10.9 Å². The van der Waals surface area contributed by atoms with E-state index in [-0.39, 0.29) is 30.0 Å². The van der Waals surface area contributed by atoms with Crippen LogP contribution in [0.3, 0.4) is 0 Å². The van der Waals surface area contributed by atoms with Crippen LogP contribution in [0.5, 0.6) is 5.75 Å². The van der Waals surface area contributed by atoms with E-state index >= 15 is 0 Å². The number of hydrogen-bond donors (Lipinski definition) is 2. The Morgan fingerprint density at radius 3 is 2.78 bits per heavy atom. The Morgan fingerprint density at radius 1 is 1.30 bits per heavy atom. The molecule has 142 valence electrons. The highest BCUT2D eigenvalue weighted by molar-refractivity contribution is 5.53. The summed E-state index contributed by atoms with van der Waals surface area (Å²) in [6.07, 6.45) is -2.63. The third kappa shape index (κ3) is 4.99. The van der Waals surface area contributed by atoms with Crippen LogP contribution >= 0.6 is 0 Å². The van der Waals surface area contributed by atoms with E-state index in [4.69, 9.17) is 14.7 Å². The Kier molecular flexibility index (Phi) is 5.63. The fraction of sp³-hybridized carbons (Fsp3) is 0.400. The second-order valence-electron chi connectivity index (χ2n) is 5.47. The Morgan fingerprint density at radius 2 is 2.15 bits per heavy atom. The fourth-order valence-corrected chi connectivity index (χ4v) is 2.23. The molecule has 0 aliphatic carbocycles. The third-order valence-corrected chi connectivity index (χ3v) is 3.48. The van der Waals surface area contributed by atoms with Crippen molar-refractivity contribution in [3.8, 4) is 11.8 Å². The fourth-order valence-electron chi connectivity index (χ4n) is 2.23. The number of anilines is 2. The van der Waals surface area contributed by atoms with Crippen LogP contribution in [0.1, 0.15) is 11.4 Å². The van der Waals surface area contributed by atoms with E-state index in [2.05, 4.69) is 30.8 Å². The first-order valence-corrected chi connectivity index (χ1v) is 7.85. The van der Waals surface area contributed by atoms with E-state index in [1.165, 1.54) is 12.4 Å². The summed E-state index contributed by atoms with van der Waals surface area (Å²) in [6, 6.07) is 2.88. The molecule has 0 spiro atoms. The van der Waals surface area contributed by atoms with Gasteiger partial charge in [0, 0.05) is 19.2 Å². The molecule has 1 aliphatic rings. The quantitative estimate of drug-likeness (QED) is 0.789. The zero-order valence-corrected chi connectivity index (χ0v) is 13.8. The second kappa shape index (κ2) is 8.11. The Balaban J connectivity index is 1.77. The molecule has 1 saturated heterocycles. The standard InChI is InChI=1S/C15H14F3N7O2/c16-15(17,18)14-11(27-8-10-6-20-1-2-26-10)3-12(24-25-14)23-13-7-21-9(4-19)5-22-13/h3,5,7,10,20H,1-2,6,8H2,(H,22,23,24)/t10-/m0/s1. The summed E-state index contributed by atoms with van der Waals surface area (Å²) in [5.74, 6) is -0.302. The van der Waals surface area contributed by atoms with E-state index in [9.17, 15) is 13.2 Å². The van der Waals surface area contributed by atoms with Crippen molar-refractivity contribution in [1.82, 2.24) is 25.5 Å². The zero-order chi connectivity index (χ0) is 19.3. The third-order valence-electron chi connectivity index (χ3n) is 3.48. The van der Waals surface area contributed by atoms with Crippen LogP contribution in [0.4, 0.5) is 24.8 Å². The monoisotopic (exact) mass is 381 g/mol. The molecule has 9 nitrogen and oxygen atoms in total. The SMILES string of the molecule is N#Cc1cnc(Nc2cc(OC[C@@H]3CNCCO3)c(C(F)(F)F)nn2)cn1. The summed E-state index contributed by atoms with van der Waals surface area (Å²) in [5, 5.41) is 21.1. The molecule has 1 aliphatic heterocycles. The van der Waals surface area contributed by atoms with Crippen molar-refractivity contribution in [2.45, 2.75) is 12.3 Å². The van der Waals surface area contributed by atoms with Gasteiger partial charge in [0.15, 0.2) is 17.3 Å². The molecule has 1 fully saturated rings. The van der Waals surface area contributed by atoms with Gasteiger partial charge < -0.3 is 20.1 Å². The van der Waals surface area contributed by atoms with Gasteiger partial charge in [-0.2, -0.15) is 18.4 Å². The minimum Gasteiger partial charge on any atom is -0.488 e. The molecule has 0 bridgehead atoms. The number of ether oxygens (including phenoxy) is 2. The molecule has 2 N–H and O–H groups in total. The molecule has 0 radical (unpaired) electrons. The van der Waals surface area contributed by atoms with Gasteiger partial charge in [-0.05, 0) is 0 Å². The van der Waals surface area contributed by atoms with Crippen LogP contribution in [0.25, 0.3) is 0 Å². The van der Waals surface area contributed by atoms with Gasteiger partial charge in [0.1, 0.15) is 24.6 Å². The van der Waals surface area contributed by atoms with Crippen LogP contribution in [-0.4, -0.2) is 52.6 Å². The molecule has 1 atom stereocenters. The number of nitrogens with zero attached hydrogens (tertiary/aromatic N) is 5. The number of halogens is 3. The summed E-state index contributed by atoms with van der Waals surface area (Å²) >= 11 is 0. The minimum atomic E-state index is -4.72. The van der Waals surface area contributed by atoms with Gasteiger partial charge in [-0.1, -0.05) is 0 Å². The summed E-state index contributed by atoms with van der Waals surface area (Å²) in [6.45, 7) is 1.55. The molecule has 0 amide bonds. The summed E-state index contributed by atoms with van der Waals surface area (Å²) < 4.78 is 50.2. The van der Waals surface area contributed by atoms with Crippen molar-refractivity contribution in [2.24, 2.45) is 0 Å². The average Bonchev–Trinajstić information content (AvgIpc) is 2.67. The number of nitriles is 1. The van der Waals surface area contributed by atoms with Gasteiger partial charge in [0.2, 0.25) is 5.69 Å². The number of nitrogens with one attached hydrogen (secondary N) is 2. The van der Waals surface area contributed by atoms with Crippen molar-refractivity contribution in [1.29, 1.82) is 5.26 Å². The smallest absolute Gasteiger partial charge is 0.438 e. The minimum absolute atomic E-state index is 0.0142.